The highest BCUT2D eigenvalue weighted by Gasteiger charge is 2.08. The molecular weight excluding hydrogens is 356 g/mol. The fourth-order valence-electron chi connectivity index (χ4n) is 2.18. The number of nitro groups is 2. The van der Waals surface area contributed by atoms with Gasteiger partial charge in [-0.15, -0.1) is 10.2 Å². The summed E-state index contributed by atoms with van der Waals surface area (Å²) in [4.78, 5) is 20.4. The minimum Gasteiger partial charge on any atom is -0.258 e. The van der Waals surface area contributed by atoms with Crippen molar-refractivity contribution in [3.8, 4) is 11.3 Å². The molecule has 3 rings (SSSR count). The Morgan fingerprint density at radius 1 is 0.769 bits per heavy atom. The van der Waals surface area contributed by atoms with Crippen molar-refractivity contribution in [2.45, 2.75) is 10.8 Å². The zero-order chi connectivity index (χ0) is 18.5. The zero-order valence-corrected chi connectivity index (χ0v) is 14.1. The largest absolute Gasteiger partial charge is 0.269 e. The SMILES string of the molecule is O=[N+]([O-])c1ccc(CSc2ccc(-c3ccc([N+](=O)[O-])cc3)nn2)cc1. The second-order valence-corrected chi connectivity index (χ2v) is 6.27. The minimum atomic E-state index is -0.451. The van der Waals surface area contributed by atoms with Gasteiger partial charge in [-0.3, -0.25) is 20.2 Å². The number of thioether (sulfide) groups is 1. The molecule has 0 saturated carbocycles. The van der Waals surface area contributed by atoms with E-state index in [1.807, 2.05) is 6.07 Å². The first-order chi connectivity index (χ1) is 12.5. The van der Waals surface area contributed by atoms with E-state index < -0.39 is 9.85 Å². The lowest BCUT2D eigenvalue weighted by molar-refractivity contribution is -0.385. The molecule has 9 heteroatoms. The summed E-state index contributed by atoms with van der Waals surface area (Å²) in [5.74, 6) is 0.615. The lowest BCUT2D eigenvalue weighted by Crippen LogP contribution is -1.92. The van der Waals surface area contributed by atoms with Crippen molar-refractivity contribution in [1.82, 2.24) is 10.2 Å². The van der Waals surface area contributed by atoms with Crippen LogP contribution in [-0.4, -0.2) is 20.0 Å². The molecule has 1 heterocycles. The van der Waals surface area contributed by atoms with Crippen LogP contribution in [0, 0.1) is 20.2 Å². The van der Waals surface area contributed by atoms with Gasteiger partial charge in [0.15, 0.2) is 0 Å². The molecule has 26 heavy (non-hydrogen) atoms. The van der Waals surface area contributed by atoms with Crippen molar-refractivity contribution < 1.29 is 9.85 Å². The minimum absolute atomic E-state index is 0.0250. The van der Waals surface area contributed by atoms with Crippen LogP contribution in [0.3, 0.4) is 0 Å². The zero-order valence-electron chi connectivity index (χ0n) is 13.3. The van der Waals surface area contributed by atoms with Crippen LogP contribution in [0.2, 0.25) is 0 Å². The van der Waals surface area contributed by atoms with E-state index >= 15 is 0 Å². The number of nitro benzene ring substituents is 2. The molecule has 0 N–H and O–H groups in total. The molecule has 130 valence electrons. The fourth-order valence-corrected chi connectivity index (χ4v) is 2.95. The molecule has 0 unspecified atom stereocenters. The van der Waals surface area contributed by atoms with Crippen molar-refractivity contribution in [3.63, 3.8) is 0 Å². The number of aromatic nitrogens is 2. The summed E-state index contributed by atoms with van der Waals surface area (Å²) in [7, 11) is 0. The lowest BCUT2D eigenvalue weighted by atomic mass is 10.1. The van der Waals surface area contributed by atoms with Crippen LogP contribution in [-0.2, 0) is 5.75 Å². The lowest BCUT2D eigenvalue weighted by Gasteiger charge is -2.03. The van der Waals surface area contributed by atoms with Crippen LogP contribution in [0.15, 0.2) is 65.7 Å². The molecule has 2 aromatic carbocycles. The second-order valence-electron chi connectivity index (χ2n) is 5.27. The normalized spacial score (nSPS) is 10.5. The summed E-state index contributed by atoms with van der Waals surface area (Å²) < 4.78 is 0. The van der Waals surface area contributed by atoms with E-state index in [9.17, 15) is 20.2 Å². The molecule has 0 spiro atoms. The van der Waals surface area contributed by atoms with Crippen LogP contribution in [0.4, 0.5) is 11.4 Å². The smallest absolute Gasteiger partial charge is 0.258 e. The number of non-ortho nitro benzene ring substituents is 2. The Kier molecular flexibility index (Phi) is 5.18. The third-order valence-corrected chi connectivity index (χ3v) is 4.54. The first-order valence-electron chi connectivity index (χ1n) is 7.47. The summed E-state index contributed by atoms with van der Waals surface area (Å²) >= 11 is 1.47. The maximum absolute atomic E-state index is 10.7. The maximum Gasteiger partial charge on any atom is 0.269 e. The monoisotopic (exact) mass is 368 g/mol. The van der Waals surface area contributed by atoms with Crippen LogP contribution in [0.1, 0.15) is 5.56 Å². The second kappa shape index (κ2) is 7.70. The van der Waals surface area contributed by atoms with Gasteiger partial charge in [0.05, 0.1) is 15.5 Å². The molecule has 0 aliphatic heterocycles. The van der Waals surface area contributed by atoms with E-state index in [-0.39, 0.29) is 11.4 Å². The van der Waals surface area contributed by atoms with Gasteiger partial charge in [0, 0.05) is 35.6 Å². The van der Waals surface area contributed by atoms with E-state index in [2.05, 4.69) is 10.2 Å². The Hall–Kier alpha value is -3.33. The van der Waals surface area contributed by atoms with Crippen LogP contribution < -0.4 is 0 Å². The van der Waals surface area contributed by atoms with Crippen LogP contribution in [0.25, 0.3) is 11.3 Å². The van der Waals surface area contributed by atoms with Crippen molar-refractivity contribution in [2.24, 2.45) is 0 Å². The van der Waals surface area contributed by atoms with Gasteiger partial charge < -0.3 is 0 Å². The predicted octanol–water partition coefficient (Wildman–Crippen LogP) is 4.25. The quantitative estimate of drug-likeness (QED) is 0.363. The Morgan fingerprint density at radius 3 is 1.85 bits per heavy atom. The molecule has 0 aliphatic carbocycles. The van der Waals surface area contributed by atoms with Gasteiger partial charge in [-0.1, -0.05) is 23.9 Å². The summed E-state index contributed by atoms with van der Waals surface area (Å²) in [6.45, 7) is 0. The first-order valence-corrected chi connectivity index (χ1v) is 8.46. The molecule has 0 bridgehead atoms. The number of hydrogen-bond donors (Lipinski definition) is 0. The van der Waals surface area contributed by atoms with E-state index in [1.165, 1.54) is 36.0 Å². The molecule has 0 amide bonds. The molecular formula is C17H12N4O4S. The number of hydrogen-bond acceptors (Lipinski definition) is 7. The Bertz CT molecular complexity index is 928. The Balaban J connectivity index is 1.64. The van der Waals surface area contributed by atoms with E-state index in [4.69, 9.17) is 0 Å². The molecule has 8 nitrogen and oxygen atoms in total. The average Bonchev–Trinajstić information content (AvgIpc) is 2.67. The average molecular weight is 368 g/mol. The van der Waals surface area contributed by atoms with Gasteiger partial charge in [-0.2, -0.15) is 0 Å². The third kappa shape index (κ3) is 4.19. The van der Waals surface area contributed by atoms with Crippen molar-refractivity contribution >= 4 is 23.1 Å². The van der Waals surface area contributed by atoms with Crippen molar-refractivity contribution in [2.75, 3.05) is 0 Å². The van der Waals surface area contributed by atoms with E-state index in [1.54, 1.807) is 30.3 Å². The maximum atomic E-state index is 10.7. The van der Waals surface area contributed by atoms with E-state index in [0.29, 0.717) is 16.5 Å². The highest BCUT2D eigenvalue weighted by Crippen LogP contribution is 2.24. The fraction of sp³-hybridized carbons (Fsp3) is 0.0588. The molecule has 0 radical (unpaired) electrons. The summed E-state index contributed by atoms with van der Waals surface area (Å²) in [5, 5.41) is 30.3. The molecule has 0 fully saturated rings. The molecule has 3 aromatic rings. The molecule has 0 atom stereocenters. The number of rotatable bonds is 6. The topological polar surface area (TPSA) is 112 Å². The summed E-state index contributed by atoms with van der Waals surface area (Å²) in [5.41, 5.74) is 2.40. The van der Waals surface area contributed by atoms with E-state index in [0.717, 1.165) is 11.1 Å². The third-order valence-electron chi connectivity index (χ3n) is 3.55. The molecule has 1 aromatic heterocycles. The van der Waals surface area contributed by atoms with Crippen LogP contribution in [0.5, 0.6) is 0 Å². The molecule has 0 saturated heterocycles. The van der Waals surface area contributed by atoms with Crippen molar-refractivity contribution in [1.29, 1.82) is 0 Å². The number of benzene rings is 2. The van der Waals surface area contributed by atoms with Crippen LogP contribution >= 0.6 is 11.8 Å². The first kappa shape index (κ1) is 17.5. The Labute approximate surface area is 152 Å². The highest BCUT2D eigenvalue weighted by molar-refractivity contribution is 7.98. The molecule has 0 aliphatic rings. The van der Waals surface area contributed by atoms with Gasteiger partial charge in [0.1, 0.15) is 5.03 Å². The van der Waals surface area contributed by atoms with Crippen molar-refractivity contribution in [3.05, 3.63) is 86.5 Å². The summed E-state index contributed by atoms with van der Waals surface area (Å²) in [6.07, 6.45) is 0. The highest BCUT2D eigenvalue weighted by atomic mass is 32.2. The van der Waals surface area contributed by atoms with Gasteiger partial charge in [-0.05, 0) is 29.8 Å². The summed E-state index contributed by atoms with van der Waals surface area (Å²) in [6, 6.07) is 16.1. The van der Waals surface area contributed by atoms with Gasteiger partial charge >= 0.3 is 0 Å². The Morgan fingerprint density at radius 2 is 1.35 bits per heavy atom. The predicted molar refractivity (Wildman–Crippen MR) is 96.8 cm³/mol. The van der Waals surface area contributed by atoms with Gasteiger partial charge in [-0.25, -0.2) is 0 Å². The van der Waals surface area contributed by atoms with Gasteiger partial charge in [0.25, 0.3) is 11.4 Å². The number of nitrogens with zero attached hydrogens (tertiary/aromatic N) is 4. The van der Waals surface area contributed by atoms with Gasteiger partial charge in [0.2, 0.25) is 0 Å². The standard InChI is InChI=1S/C17H12N4O4S/c22-20(23)14-5-1-12(2-6-14)11-26-17-10-9-16(18-19-17)13-3-7-15(8-4-13)21(24)25/h1-10H,11H2.